The van der Waals surface area contributed by atoms with Crippen LogP contribution in [0.25, 0.3) is 6.08 Å². The molecule has 142 valence electrons. The van der Waals surface area contributed by atoms with Crippen LogP contribution in [0.3, 0.4) is 0 Å². The van der Waals surface area contributed by atoms with E-state index in [-0.39, 0.29) is 18.2 Å². The summed E-state index contributed by atoms with van der Waals surface area (Å²) in [5.74, 6) is -0.889. The van der Waals surface area contributed by atoms with Crippen LogP contribution < -0.4 is 10.1 Å². The highest BCUT2D eigenvalue weighted by atomic mass is 16.5. The number of carboxylic acids is 1. The minimum Gasteiger partial charge on any atom is -0.504 e. The van der Waals surface area contributed by atoms with Gasteiger partial charge in [-0.3, -0.25) is 9.59 Å². The lowest BCUT2D eigenvalue weighted by atomic mass is 9.70. The number of carbonyl (C=O) groups excluding carboxylic acids is 1. The maximum absolute atomic E-state index is 12.0. The molecule has 1 saturated carbocycles. The molecule has 1 aromatic rings. The fourth-order valence-corrected chi connectivity index (χ4v) is 2.94. The fourth-order valence-electron chi connectivity index (χ4n) is 2.94. The molecule has 1 fully saturated rings. The Kier molecular flexibility index (Phi) is 5.92. The van der Waals surface area contributed by atoms with Crippen molar-refractivity contribution in [2.45, 2.75) is 38.2 Å². The number of aromatic hydroxyl groups is 1. The van der Waals surface area contributed by atoms with E-state index in [2.05, 4.69) is 5.32 Å². The standard InChI is InChI=1S/C19H25NO6/c1-18(17(23)24)7-9-19(25,10-8-18)12-20-16(22)6-4-13-3-5-14(21)15(11-13)26-2/h3-6,11,21,25H,7-10,12H2,1-2H3,(H,20,22)(H,23,24)/b6-4+. The Hall–Kier alpha value is -2.54. The number of hydrogen-bond acceptors (Lipinski definition) is 5. The van der Waals surface area contributed by atoms with E-state index in [9.17, 15) is 24.9 Å². The van der Waals surface area contributed by atoms with Crippen molar-refractivity contribution in [1.82, 2.24) is 5.32 Å². The second kappa shape index (κ2) is 7.78. The summed E-state index contributed by atoms with van der Waals surface area (Å²) in [7, 11) is 1.44. The summed E-state index contributed by atoms with van der Waals surface area (Å²) in [5, 5.41) is 32.0. The molecular formula is C19H25NO6. The van der Waals surface area contributed by atoms with Crippen molar-refractivity contribution in [1.29, 1.82) is 0 Å². The Labute approximate surface area is 152 Å². The van der Waals surface area contributed by atoms with Gasteiger partial charge in [-0.1, -0.05) is 6.07 Å². The van der Waals surface area contributed by atoms with E-state index >= 15 is 0 Å². The summed E-state index contributed by atoms with van der Waals surface area (Å²) in [5.41, 5.74) is -1.21. The summed E-state index contributed by atoms with van der Waals surface area (Å²) in [4.78, 5) is 23.2. The number of carbonyl (C=O) groups is 2. The van der Waals surface area contributed by atoms with Gasteiger partial charge in [0.1, 0.15) is 0 Å². The molecule has 0 aliphatic heterocycles. The van der Waals surface area contributed by atoms with Gasteiger partial charge in [0.2, 0.25) is 5.91 Å². The average molecular weight is 363 g/mol. The van der Waals surface area contributed by atoms with E-state index in [0.717, 1.165) is 0 Å². The number of phenolic OH excluding ortho intramolecular Hbond substituents is 1. The molecule has 0 unspecified atom stereocenters. The Morgan fingerprint density at radius 2 is 1.92 bits per heavy atom. The van der Waals surface area contributed by atoms with E-state index in [1.807, 2.05) is 0 Å². The first-order chi connectivity index (χ1) is 12.2. The van der Waals surface area contributed by atoms with Crippen LogP contribution in [0.15, 0.2) is 24.3 Å². The molecule has 0 radical (unpaired) electrons. The molecule has 0 saturated heterocycles. The molecule has 26 heavy (non-hydrogen) atoms. The molecule has 2 rings (SSSR count). The largest absolute Gasteiger partial charge is 0.504 e. The highest BCUT2D eigenvalue weighted by Crippen LogP contribution is 2.40. The molecule has 0 atom stereocenters. The molecular weight excluding hydrogens is 338 g/mol. The number of benzene rings is 1. The van der Waals surface area contributed by atoms with Gasteiger partial charge in [-0.25, -0.2) is 0 Å². The van der Waals surface area contributed by atoms with Crippen molar-refractivity contribution >= 4 is 18.0 Å². The first kappa shape index (κ1) is 19.8. The third-order valence-electron chi connectivity index (χ3n) is 5.02. The normalized spacial score (nSPS) is 25.8. The van der Waals surface area contributed by atoms with Crippen LogP contribution in [-0.4, -0.2) is 46.5 Å². The zero-order valence-electron chi connectivity index (χ0n) is 15.0. The van der Waals surface area contributed by atoms with Gasteiger partial charge in [0.15, 0.2) is 11.5 Å². The molecule has 0 aromatic heterocycles. The first-order valence-corrected chi connectivity index (χ1v) is 8.46. The maximum atomic E-state index is 12.0. The zero-order valence-corrected chi connectivity index (χ0v) is 15.0. The Balaban J connectivity index is 1.88. The van der Waals surface area contributed by atoms with Gasteiger partial charge < -0.3 is 25.4 Å². The van der Waals surface area contributed by atoms with Crippen molar-refractivity contribution < 1.29 is 29.6 Å². The number of phenols is 1. The van der Waals surface area contributed by atoms with Crippen LogP contribution >= 0.6 is 0 Å². The van der Waals surface area contributed by atoms with Crippen molar-refractivity contribution in [2.24, 2.45) is 5.41 Å². The lowest BCUT2D eigenvalue weighted by Crippen LogP contribution is -2.48. The Morgan fingerprint density at radius 3 is 2.50 bits per heavy atom. The van der Waals surface area contributed by atoms with Crippen LogP contribution in [0.4, 0.5) is 0 Å². The summed E-state index contributed by atoms with van der Waals surface area (Å²) < 4.78 is 5.01. The smallest absolute Gasteiger partial charge is 0.309 e. The first-order valence-electron chi connectivity index (χ1n) is 8.46. The molecule has 4 N–H and O–H groups in total. The quantitative estimate of drug-likeness (QED) is 0.574. The second-order valence-electron chi connectivity index (χ2n) is 7.07. The van der Waals surface area contributed by atoms with Crippen molar-refractivity contribution in [3.63, 3.8) is 0 Å². The van der Waals surface area contributed by atoms with Gasteiger partial charge in [-0.05, 0) is 56.4 Å². The number of methoxy groups -OCH3 is 1. The number of nitrogens with one attached hydrogen (secondary N) is 1. The SMILES string of the molecule is COc1cc(/C=C/C(=O)NCC2(O)CCC(C)(C(=O)O)CC2)ccc1O. The maximum Gasteiger partial charge on any atom is 0.309 e. The predicted molar refractivity (Wildman–Crippen MR) is 95.9 cm³/mol. The molecule has 1 aliphatic rings. The molecule has 0 spiro atoms. The number of ether oxygens (including phenoxy) is 1. The van der Waals surface area contributed by atoms with Gasteiger partial charge in [0.25, 0.3) is 0 Å². The van der Waals surface area contributed by atoms with Crippen LogP contribution in [-0.2, 0) is 9.59 Å². The number of aliphatic hydroxyl groups is 1. The summed E-state index contributed by atoms with van der Waals surface area (Å²) >= 11 is 0. The summed E-state index contributed by atoms with van der Waals surface area (Å²) in [6, 6.07) is 4.71. The van der Waals surface area contributed by atoms with Crippen molar-refractivity contribution in [3.05, 3.63) is 29.8 Å². The van der Waals surface area contributed by atoms with Crippen LogP contribution in [0.2, 0.25) is 0 Å². The second-order valence-corrected chi connectivity index (χ2v) is 7.07. The van der Waals surface area contributed by atoms with Crippen molar-refractivity contribution in [2.75, 3.05) is 13.7 Å². The molecule has 1 amide bonds. The number of rotatable bonds is 6. The average Bonchev–Trinajstić information content (AvgIpc) is 2.62. The minimum absolute atomic E-state index is 0.0157. The minimum atomic E-state index is -1.08. The fraction of sp³-hybridized carbons (Fsp3) is 0.474. The van der Waals surface area contributed by atoms with Crippen LogP contribution in [0.1, 0.15) is 38.2 Å². The number of amides is 1. The van der Waals surface area contributed by atoms with E-state index in [1.54, 1.807) is 25.1 Å². The number of aliphatic carboxylic acids is 1. The zero-order chi connectivity index (χ0) is 19.4. The van der Waals surface area contributed by atoms with E-state index in [0.29, 0.717) is 37.0 Å². The molecule has 0 heterocycles. The van der Waals surface area contributed by atoms with Gasteiger partial charge in [0, 0.05) is 12.6 Å². The third kappa shape index (κ3) is 4.76. The van der Waals surface area contributed by atoms with Gasteiger partial charge in [-0.2, -0.15) is 0 Å². The summed E-state index contributed by atoms with van der Waals surface area (Å²) in [6.07, 6.45) is 4.31. The third-order valence-corrected chi connectivity index (χ3v) is 5.02. The lowest BCUT2D eigenvalue weighted by molar-refractivity contribution is -0.153. The monoisotopic (exact) mass is 363 g/mol. The lowest BCUT2D eigenvalue weighted by Gasteiger charge is -2.39. The summed E-state index contributed by atoms with van der Waals surface area (Å²) in [6.45, 7) is 1.76. The number of hydrogen-bond donors (Lipinski definition) is 4. The highest BCUT2D eigenvalue weighted by molar-refractivity contribution is 5.91. The van der Waals surface area contributed by atoms with E-state index < -0.39 is 17.0 Å². The molecule has 1 aromatic carbocycles. The van der Waals surface area contributed by atoms with Gasteiger partial charge in [-0.15, -0.1) is 0 Å². The molecule has 7 heteroatoms. The van der Waals surface area contributed by atoms with Crippen LogP contribution in [0, 0.1) is 5.41 Å². The molecule has 1 aliphatic carbocycles. The topological polar surface area (TPSA) is 116 Å². The molecule has 0 bridgehead atoms. The number of carboxylic acid groups (broad SMARTS) is 1. The Bertz CT molecular complexity index is 704. The van der Waals surface area contributed by atoms with E-state index in [1.165, 1.54) is 19.3 Å². The van der Waals surface area contributed by atoms with Crippen molar-refractivity contribution in [3.8, 4) is 11.5 Å². The predicted octanol–water partition coefficient (Wildman–Crippen LogP) is 1.93. The van der Waals surface area contributed by atoms with E-state index in [4.69, 9.17) is 4.74 Å². The van der Waals surface area contributed by atoms with Gasteiger partial charge >= 0.3 is 5.97 Å². The Morgan fingerprint density at radius 1 is 1.27 bits per heavy atom. The molecule has 7 nitrogen and oxygen atoms in total. The van der Waals surface area contributed by atoms with Gasteiger partial charge in [0.05, 0.1) is 18.1 Å². The highest BCUT2D eigenvalue weighted by Gasteiger charge is 2.43. The van der Waals surface area contributed by atoms with Crippen LogP contribution in [0.5, 0.6) is 11.5 Å².